The normalized spacial score (nSPS) is 16.3. The lowest BCUT2D eigenvalue weighted by Gasteiger charge is -2.40. The van der Waals surface area contributed by atoms with Gasteiger partial charge in [-0.2, -0.15) is 0 Å². The number of hydrogen-bond donors (Lipinski definition) is 2. The number of carbonyl (C=O) groups excluding carboxylic acids is 4. The molecule has 18 nitrogen and oxygen atoms in total. The Balaban J connectivity index is 0.000000199. The molecular weight excluding hydrogens is 864 g/mol. The van der Waals surface area contributed by atoms with Crippen LogP contribution in [0.25, 0.3) is 21.8 Å². The topological polar surface area (TPSA) is 222 Å². The van der Waals surface area contributed by atoms with Gasteiger partial charge in [-0.25, -0.2) is 24.3 Å². The van der Waals surface area contributed by atoms with Crippen LogP contribution in [-0.2, 0) is 41.7 Å². The number of nitrogens with two attached hydrogens (primary N) is 2. The van der Waals surface area contributed by atoms with Gasteiger partial charge in [0.05, 0.1) is 24.2 Å². The van der Waals surface area contributed by atoms with Gasteiger partial charge in [-0.05, 0) is 85.1 Å². The summed E-state index contributed by atoms with van der Waals surface area (Å²) in [5.74, 6) is 0.515. The number of piperazine rings is 2. The molecule has 0 bridgehead atoms. The number of fused-ring (bicyclic) bond motifs is 2. The summed E-state index contributed by atoms with van der Waals surface area (Å²) in [6, 6.07) is 21.0. The summed E-state index contributed by atoms with van der Waals surface area (Å²) in [6.45, 7) is 6.03. The first-order valence-corrected chi connectivity index (χ1v) is 21.5. The lowest BCUT2D eigenvalue weighted by molar-refractivity contribution is -0.155. The summed E-state index contributed by atoms with van der Waals surface area (Å²) >= 11 is 0. The van der Waals surface area contributed by atoms with Crippen molar-refractivity contribution >= 4 is 57.1 Å². The maximum Gasteiger partial charge on any atom is 0.261 e. The van der Waals surface area contributed by atoms with Crippen molar-refractivity contribution in [3.05, 3.63) is 120 Å². The van der Waals surface area contributed by atoms with E-state index in [1.54, 1.807) is 14.7 Å². The molecule has 0 radical (unpaired) electrons. The van der Waals surface area contributed by atoms with Crippen LogP contribution in [0, 0.1) is 19.7 Å². The summed E-state index contributed by atoms with van der Waals surface area (Å²) in [5, 5.41) is 1.52. The van der Waals surface area contributed by atoms with Crippen LogP contribution >= 0.6 is 0 Å². The first-order chi connectivity index (χ1) is 32.3. The molecule has 4 aromatic carbocycles. The molecule has 2 aromatic heterocycles. The van der Waals surface area contributed by atoms with Crippen LogP contribution in [0.4, 0.5) is 16.0 Å². The van der Waals surface area contributed by atoms with Crippen molar-refractivity contribution in [3.8, 4) is 11.5 Å². The molecule has 2 atom stereocenters. The van der Waals surface area contributed by atoms with Crippen molar-refractivity contribution in [2.24, 2.45) is 0 Å². The van der Waals surface area contributed by atoms with E-state index in [2.05, 4.69) is 19.9 Å². The van der Waals surface area contributed by atoms with Gasteiger partial charge in [-0.3, -0.25) is 19.2 Å². The van der Waals surface area contributed by atoms with Gasteiger partial charge in [0.2, 0.25) is 11.8 Å². The second kappa shape index (κ2) is 21.7. The molecule has 0 spiro atoms. The lowest BCUT2D eigenvalue weighted by atomic mass is 10.1. The minimum atomic E-state index is -0.758. The molecular formula is C48H53FN10O8. The van der Waals surface area contributed by atoms with E-state index in [9.17, 15) is 23.6 Å². The third-order valence-electron chi connectivity index (χ3n) is 11.5. The van der Waals surface area contributed by atoms with Crippen LogP contribution < -0.4 is 20.9 Å². The number of halogens is 1. The number of benzene rings is 4. The molecule has 0 saturated carbocycles. The quantitative estimate of drug-likeness (QED) is 0.159. The molecule has 19 heteroatoms. The van der Waals surface area contributed by atoms with Gasteiger partial charge in [0, 0.05) is 64.3 Å². The van der Waals surface area contributed by atoms with E-state index in [4.69, 9.17) is 30.4 Å². The standard InChI is InChI=1S/C25H29N5O4.C23H24FN5O4/c1-16-4-7-22(17(2)10-16)34-14-23(31)30-9-8-29(25(32)21(30)13-33-3)12-18-5-6-19-20(11-18)27-15-28-24(19)26;1-32-12-20-23(31)28(11-15-2-7-18-19(10-15)26-14-27-22(18)25)8-9-29(20)21(30)13-33-17-5-3-16(24)4-6-17/h4-7,10-11,15,21H,8-9,12-14H2,1-3H3,(H2,26,27,28);2-7,10,14,20H,8-9,11-13H2,1H3,(H2,25,26,27)/t21-;20-/m00/s1. The molecule has 4 N–H and O–H groups in total. The number of anilines is 2. The van der Waals surface area contributed by atoms with Crippen molar-refractivity contribution in [3.63, 3.8) is 0 Å². The molecule has 350 valence electrons. The van der Waals surface area contributed by atoms with Gasteiger partial charge in [0.15, 0.2) is 13.2 Å². The number of aryl methyl sites for hydroxylation is 2. The molecule has 8 rings (SSSR count). The Morgan fingerprint density at radius 2 is 1.13 bits per heavy atom. The summed E-state index contributed by atoms with van der Waals surface area (Å²) < 4.78 is 34.8. The molecule has 0 aliphatic carbocycles. The van der Waals surface area contributed by atoms with Gasteiger partial charge < -0.3 is 50.0 Å². The number of hydrogen-bond acceptors (Lipinski definition) is 14. The number of methoxy groups -OCH3 is 2. The largest absolute Gasteiger partial charge is 0.484 e. The summed E-state index contributed by atoms with van der Waals surface area (Å²) in [7, 11) is 3.01. The highest BCUT2D eigenvalue weighted by Gasteiger charge is 2.39. The molecule has 4 amide bonds. The van der Waals surface area contributed by atoms with Crippen molar-refractivity contribution < 1.29 is 42.5 Å². The van der Waals surface area contributed by atoms with Crippen molar-refractivity contribution in [1.29, 1.82) is 0 Å². The first-order valence-electron chi connectivity index (χ1n) is 21.5. The van der Waals surface area contributed by atoms with Gasteiger partial charge in [0.25, 0.3) is 11.8 Å². The number of rotatable bonds is 14. The number of ether oxygens (including phenoxy) is 4. The maximum atomic E-state index is 13.3. The predicted octanol–water partition coefficient (Wildman–Crippen LogP) is 3.71. The molecule has 6 aromatic rings. The molecule has 4 heterocycles. The highest BCUT2D eigenvalue weighted by Crippen LogP contribution is 2.24. The molecule has 67 heavy (non-hydrogen) atoms. The van der Waals surface area contributed by atoms with E-state index in [-0.39, 0.29) is 50.1 Å². The fourth-order valence-corrected chi connectivity index (χ4v) is 8.05. The smallest absolute Gasteiger partial charge is 0.261 e. The second-order valence-electron chi connectivity index (χ2n) is 16.2. The monoisotopic (exact) mass is 916 g/mol. The van der Waals surface area contributed by atoms with E-state index in [1.807, 2.05) is 68.4 Å². The molecule has 2 aliphatic rings. The SMILES string of the molecule is COC[C@H]1C(=O)N(Cc2ccc3c(N)ncnc3c2)CCN1C(=O)COc1ccc(C)cc1C.COC[C@H]1C(=O)N(Cc2ccc3c(N)ncnc3c2)CCN1C(=O)COc1ccc(F)cc1. The van der Waals surface area contributed by atoms with E-state index in [0.717, 1.165) is 38.5 Å². The van der Waals surface area contributed by atoms with Crippen LogP contribution in [0.15, 0.2) is 91.5 Å². The average Bonchev–Trinajstić information content (AvgIpc) is 3.31. The molecule has 0 unspecified atom stereocenters. The fourth-order valence-electron chi connectivity index (χ4n) is 8.05. The number of amides is 4. The third-order valence-corrected chi connectivity index (χ3v) is 11.5. The number of nitrogens with zero attached hydrogens (tertiary/aromatic N) is 8. The molecule has 2 fully saturated rings. The van der Waals surface area contributed by atoms with Gasteiger partial charge in [0.1, 0.15) is 53.7 Å². The zero-order chi connectivity index (χ0) is 47.6. The Morgan fingerprint density at radius 1 is 0.642 bits per heavy atom. The Hall–Kier alpha value is -7.51. The average molecular weight is 917 g/mol. The van der Waals surface area contributed by atoms with Gasteiger partial charge >= 0.3 is 0 Å². The summed E-state index contributed by atoms with van der Waals surface area (Å²) in [5.41, 5.74) is 17.1. The first kappa shape index (κ1) is 47.5. The Morgan fingerprint density at radius 3 is 1.61 bits per heavy atom. The highest BCUT2D eigenvalue weighted by molar-refractivity contribution is 5.92. The highest BCUT2D eigenvalue weighted by atomic mass is 19.1. The van der Waals surface area contributed by atoms with Crippen LogP contribution in [-0.4, -0.2) is 142 Å². The Kier molecular flexibility index (Phi) is 15.3. The van der Waals surface area contributed by atoms with Crippen LogP contribution in [0.5, 0.6) is 11.5 Å². The zero-order valence-electron chi connectivity index (χ0n) is 37.8. The Labute approximate surface area is 386 Å². The zero-order valence-corrected chi connectivity index (χ0v) is 37.8. The van der Waals surface area contributed by atoms with Crippen molar-refractivity contribution in [1.82, 2.24) is 39.5 Å². The lowest BCUT2D eigenvalue weighted by Crippen LogP contribution is -2.60. The van der Waals surface area contributed by atoms with E-state index < -0.39 is 17.9 Å². The van der Waals surface area contributed by atoms with E-state index in [1.165, 1.54) is 56.0 Å². The van der Waals surface area contributed by atoms with Crippen LogP contribution in [0.3, 0.4) is 0 Å². The number of aromatic nitrogens is 4. The number of carbonyl (C=O) groups is 4. The van der Waals surface area contributed by atoms with E-state index >= 15 is 0 Å². The molecule has 2 aliphatic heterocycles. The van der Waals surface area contributed by atoms with Crippen molar-refractivity contribution in [2.45, 2.75) is 39.0 Å². The minimum Gasteiger partial charge on any atom is -0.484 e. The van der Waals surface area contributed by atoms with E-state index in [0.29, 0.717) is 67.9 Å². The predicted molar refractivity (Wildman–Crippen MR) is 247 cm³/mol. The second-order valence-corrected chi connectivity index (χ2v) is 16.2. The third kappa shape index (κ3) is 11.5. The Bertz CT molecular complexity index is 2740. The van der Waals surface area contributed by atoms with Gasteiger partial charge in [-0.15, -0.1) is 0 Å². The van der Waals surface area contributed by atoms with Crippen LogP contribution in [0.1, 0.15) is 22.3 Å². The minimum absolute atomic E-state index is 0.0686. The maximum absolute atomic E-state index is 13.3. The molecule has 2 saturated heterocycles. The van der Waals surface area contributed by atoms with Gasteiger partial charge in [-0.1, -0.05) is 29.8 Å². The van der Waals surface area contributed by atoms with Crippen molar-refractivity contribution in [2.75, 3.05) is 78.3 Å². The summed E-state index contributed by atoms with van der Waals surface area (Å²) in [6.07, 6.45) is 2.82. The summed E-state index contributed by atoms with van der Waals surface area (Å²) in [4.78, 5) is 75.2. The fraction of sp³-hybridized carbons (Fsp3) is 0.333. The van der Waals surface area contributed by atoms with Crippen LogP contribution in [0.2, 0.25) is 0 Å². The number of nitrogen functional groups attached to an aromatic ring is 2.